The van der Waals surface area contributed by atoms with Gasteiger partial charge in [-0.05, 0) is 38.6 Å². The van der Waals surface area contributed by atoms with Crippen molar-refractivity contribution in [1.29, 1.82) is 0 Å². The number of carboxylic acid groups (broad SMARTS) is 1. The van der Waals surface area contributed by atoms with Crippen molar-refractivity contribution in [1.82, 2.24) is 10.2 Å². The van der Waals surface area contributed by atoms with Crippen molar-refractivity contribution in [2.45, 2.75) is 51.5 Å². The largest absolute Gasteiger partial charge is 0.481 e. The van der Waals surface area contributed by atoms with Crippen molar-refractivity contribution < 1.29 is 14.7 Å². The molecular weight excluding hydrogens is 244 g/mol. The Morgan fingerprint density at radius 1 is 1.42 bits per heavy atom. The van der Waals surface area contributed by atoms with E-state index < -0.39 is 11.4 Å². The molecule has 0 saturated carbocycles. The van der Waals surface area contributed by atoms with Crippen LogP contribution in [0.1, 0.15) is 45.4 Å². The minimum absolute atomic E-state index is 0.0915. The molecule has 0 aromatic heterocycles. The Bertz CT molecular complexity index is 349. The van der Waals surface area contributed by atoms with Crippen LogP contribution in [0.3, 0.4) is 0 Å². The van der Waals surface area contributed by atoms with E-state index in [-0.39, 0.29) is 11.9 Å². The first-order valence-corrected chi connectivity index (χ1v) is 7.34. The summed E-state index contributed by atoms with van der Waals surface area (Å²) >= 11 is 0. The van der Waals surface area contributed by atoms with E-state index in [9.17, 15) is 14.7 Å². The maximum Gasteiger partial charge on any atom is 0.311 e. The molecule has 2 saturated heterocycles. The van der Waals surface area contributed by atoms with Gasteiger partial charge < -0.3 is 15.3 Å². The highest BCUT2D eigenvalue weighted by Gasteiger charge is 2.43. The monoisotopic (exact) mass is 268 g/mol. The van der Waals surface area contributed by atoms with E-state index in [1.165, 1.54) is 0 Å². The Balaban J connectivity index is 2.06. The number of likely N-dealkylation sites (tertiary alicyclic amines) is 1. The number of amides is 1. The summed E-state index contributed by atoms with van der Waals surface area (Å²) < 4.78 is 0. The van der Waals surface area contributed by atoms with Gasteiger partial charge in [-0.25, -0.2) is 0 Å². The van der Waals surface area contributed by atoms with Crippen LogP contribution in [0, 0.1) is 5.41 Å². The molecule has 0 aliphatic carbocycles. The lowest BCUT2D eigenvalue weighted by atomic mass is 9.76. The van der Waals surface area contributed by atoms with Crippen LogP contribution in [0.25, 0.3) is 0 Å². The lowest BCUT2D eigenvalue weighted by Crippen LogP contribution is -2.53. The van der Waals surface area contributed by atoms with Gasteiger partial charge in [-0.3, -0.25) is 9.59 Å². The Morgan fingerprint density at radius 3 is 2.79 bits per heavy atom. The number of carbonyl (C=O) groups is 2. The molecule has 0 aromatic rings. The van der Waals surface area contributed by atoms with Crippen molar-refractivity contribution in [3.63, 3.8) is 0 Å². The van der Waals surface area contributed by atoms with Crippen LogP contribution in [-0.2, 0) is 9.59 Å². The third kappa shape index (κ3) is 2.91. The van der Waals surface area contributed by atoms with Gasteiger partial charge in [-0.1, -0.05) is 13.3 Å². The van der Waals surface area contributed by atoms with E-state index in [4.69, 9.17) is 0 Å². The molecule has 19 heavy (non-hydrogen) atoms. The van der Waals surface area contributed by atoms with Gasteiger partial charge in [0.25, 0.3) is 0 Å². The van der Waals surface area contributed by atoms with Gasteiger partial charge in [-0.2, -0.15) is 0 Å². The maximum atomic E-state index is 12.4. The summed E-state index contributed by atoms with van der Waals surface area (Å²) in [4.78, 5) is 25.8. The number of nitrogens with one attached hydrogen (secondary N) is 1. The van der Waals surface area contributed by atoms with Gasteiger partial charge in [0.2, 0.25) is 5.91 Å². The topological polar surface area (TPSA) is 69.6 Å². The molecule has 0 bridgehead atoms. The zero-order chi connectivity index (χ0) is 13.9. The Kier molecular flexibility index (Phi) is 4.45. The third-order valence-electron chi connectivity index (χ3n) is 4.43. The Labute approximate surface area is 114 Å². The van der Waals surface area contributed by atoms with E-state index in [1.807, 2.05) is 6.92 Å². The fraction of sp³-hybridized carbons (Fsp3) is 0.857. The van der Waals surface area contributed by atoms with Crippen molar-refractivity contribution in [2.75, 3.05) is 19.6 Å². The summed E-state index contributed by atoms with van der Waals surface area (Å²) in [5, 5.41) is 12.7. The number of carboxylic acids is 1. The van der Waals surface area contributed by atoms with E-state index in [2.05, 4.69) is 5.32 Å². The number of hydrogen-bond acceptors (Lipinski definition) is 3. The average Bonchev–Trinajstić information content (AvgIpc) is 2.92. The molecule has 2 unspecified atom stereocenters. The Morgan fingerprint density at radius 2 is 2.21 bits per heavy atom. The Hall–Kier alpha value is -1.10. The number of nitrogens with zero attached hydrogens (tertiary/aromatic N) is 1. The predicted octanol–water partition coefficient (Wildman–Crippen LogP) is 1.23. The fourth-order valence-electron chi connectivity index (χ4n) is 3.40. The second kappa shape index (κ2) is 5.90. The highest BCUT2D eigenvalue weighted by Crippen LogP contribution is 2.35. The molecule has 0 aromatic carbocycles. The minimum Gasteiger partial charge on any atom is -0.481 e. The van der Waals surface area contributed by atoms with Gasteiger partial charge in [0.05, 0.1) is 11.5 Å². The summed E-state index contributed by atoms with van der Waals surface area (Å²) in [6, 6.07) is -0.0915. The van der Waals surface area contributed by atoms with Crippen LogP contribution in [0.2, 0.25) is 0 Å². The van der Waals surface area contributed by atoms with Crippen LogP contribution in [0.5, 0.6) is 0 Å². The zero-order valence-electron chi connectivity index (χ0n) is 11.7. The summed E-state index contributed by atoms with van der Waals surface area (Å²) in [5.41, 5.74) is -0.721. The number of piperidine rings is 1. The second-order valence-electron chi connectivity index (χ2n) is 5.85. The molecule has 0 spiro atoms. The van der Waals surface area contributed by atoms with Crippen LogP contribution in [0.4, 0.5) is 0 Å². The summed E-state index contributed by atoms with van der Waals surface area (Å²) in [7, 11) is 0. The molecule has 0 radical (unpaired) electrons. The van der Waals surface area contributed by atoms with Gasteiger partial charge in [-0.15, -0.1) is 0 Å². The number of aliphatic carboxylic acids is 1. The molecule has 2 aliphatic rings. The molecule has 2 heterocycles. The molecule has 1 amide bonds. The average molecular weight is 268 g/mol. The highest BCUT2D eigenvalue weighted by molar-refractivity contribution is 5.83. The van der Waals surface area contributed by atoms with Gasteiger partial charge in [0.15, 0.2) is 0 Å². The lowest BCUT2D eigenvalue weighted by Gasteiger charge is -2.40. The fourth-order valence-corrected chi connectivity index (χ4v) is 3.40. The van der Waals surface area contributed by atoms with Crippen LogP contribution < -0.4 is 5.32 Å². The standard InChI is InChI=1S/C14H24N2O3/c1-2-6-14(13(18)19)7-4-9-16(10-14)12(17)11-5-3-8-15-11/h11,15H,2-10H2,1H3,(H,18,19). The van der Waals surface area contributed by atoms with Crippen molar-refractivity contribution in [3.8, 4) is 0 Å². The second-order valence-corrected chi connectivity index (χ2v) is 5.85. The number of rotatable bonds is 4. The van der Waals surface area contributed by atoms with Crippen LogP contribution in [-0.4, -0.2) is 47.6 Å². The smallest absolute Gasteiger partial charge is 0.311 e. The number of hydrogen-bond donors (Lipinski definition) is 2. The highest BCUT2D eigenvalue weighted by atomic mass is 16.4. The summed E-state index contributed by atoms with van der Waals surface area (Å²) in [5.74, 6) is -0.648. The zero-order valence-corrected chi connectivity index (χ0v) is 11.7. The van der Waals surface area contributed by atoms with Crippen molar-refractivity contribution in [2.24, 2.45) is 5.41 Å². The van der Waals surface area contributed by atoms with E-state index in [0.717, 1.165) is 32.2 Å². The molecule has 108 valence electrons. The molecular formula is C14H24N2O3. The SMILES string of the molecule is CCCC1(C(=O)O)CCCN(C(=O)C2CCCN2)C1. The van der Waals surface area contributed by atoms with Crippen molar-refractivity contribution >= 4 is 11.9 Å². The minimum atomic E-state index is -0.744. The molecule has 2 N–H and O–H groups in total. The normalized spacial score (nSPS) is 31.4. The maximum absolute atomic E-state index is 12.4. The predicted molar refractivity (Wildman–Crippen MR) is 71.8 cm³/mol. The van der Waals surface area contributed by atoms with E-state index in [1.54, 1.807) is 4.90 Å². The summed E-state index contributed by atoms with van der Waals surface area (Å²) in [6.45, 7) is 3.98. The molecule has 2 aliphatic heterocycles. The van der Waals surface area contributed by atoms with Gasteiger partial charge in [0.1, 0.15) is 0 Å². The van der Waals surface area contributed by atoms with Crippen molar-refractivity contribution in [3.05, 3.63) is 0 Å². The first kappa shape index (κ1) is 14.3. The molecule has 2 fully saturated rings. The van der Waals surface area contributed by atoms with E-state index in [0.29, 0.717) is 25.9 Å². The third-order valence-corrected chi connectivity index (χ3v) is 4.43. The lowest BCUT2D eigenvalue weighted by molar-refractivity contribution is -0.156. The van der Waals surface area contributed by atoms with Crippen LogP contribution in [0.15, 0.2) is 0 Å². The van der Waals surface area contributed by atoms with Gasteiger partial charge in [0, 0.05) is 13.1 Å². The summed E-state index contributed by atoms with van der Waals surface area (Å²) in [6.07, 6.45) is 4.90. The first-order chi connectivity index (χ1) is 9.09. The van der Waals surface area contributed by atoms with E-state index >= 15 is 0 Å². The number of carbonyl (C=O) groups excluding carboxylic acids is 1. The quantitative estimate of drug-likeness (QED) is 0.804. The first-order valence-electron chi connectivity index (χ1n) is 7.34. The molecule has 2 atom stereocenters. The molecule has 2 rings (SSSR count). The molecule has 5 heteroatoms. The van der Waals surface area contributed by atoms with Gasteiger partial charge >= 0.3 is 5.97 Å². The molecule has 5 nitrogen and oxygen atoms in total. The van der Waals surface area contributed by atoms with Crippen LogP contribution >= 0.6 is 0 Å².